The fourth-order valence-electron chi connectivity index (χ4n) is 2.75. The normalized spacial score (nSPS) is 20.9. The van der Waals surface area contributed by atoms with Crippen LogP contribution in [0.4, 0.5) is 0 Å². The van der Waals surface area contributed by atoms with Crippen molar-refractivity contribution in [2.45, 2.75) is 52.9 Å². The SMILES string of the molecule is COC(=O)C1=CC[C@H](C(C)CC(=O)CC(C)C)CC1. The monoisotopic (exact) mass is 266 g/mol. The zero-order chi connectivity index (χ0) is 14.4. The number of carbonyl (C=O) groups is 2. The number of Topliss-reactive ketones (excluding diaryl/α,β-unsaturated/α-hetero) is 1. The van der Waals surface area contributed by atoms with Crippen molar-refractivity contribution >= 4 is 11.8 Å². The van der Waals surface area contributed by atoms with Gasteiger partial charge in [-0.2, -0.15) is 0 Å². The second kappa shape index (κ2) is 7.46. The van der Waals surface area contributed by atoms with Crippen molar-refractivity contribution in [3.05, 3.63) is 11.6 Å². The van der Waals surface area contributed by atoms with Crippen LogP contribution >= 0.6 is 0 Å². The summed E-state index contributed by atoms with van der Waals surface area (Å²) in [6, 6.07) is 0. The zero-order valence-electron chi connectivity index (χ0n) is 12.6. The lowest BCUT2D eigenvalue weighted by atomic mass is 9.79. The van der Waals surface area contributed by atoms with Crippen molar-refractivity contribution in [2.24, 2.45) is 17.8 Å². The van der Waals surface area contributed by atoms with Crippen LogP contribution in [-0.2, 0) is 14.3 Å². The first kappa shape index (κ1) is 15.9. The summed E-state index contributed by atoms with van der Waals surface area (Å²) < 4.78 is 4.73. The van der Waals surface area contributed by atoms with Gasteiger partial charge in [0.25, 0.3) is 0 Å². The molecular weight excluding hydrogens is 240 g/mol. The van der Waals surface area contributed by atoms with Crippen LogP contribution in [0.25, 0.3) is 0 Å². The summed E-state index contributed by atoms with van der Waals surface area (Å²) in [6.07, 6.45) is 5.99. The van der Waals surface area contributed by atoms with E-state index in [0.717, 1.165) is 24.8 Å². The molecule has 0 heterocycles. The van der Waals surface area contributed by atoms with Crippen LogP contribution < -0.4 is 0 Å². The summed E-state index contributed by atoms with van der Waals surface area (Å²) in [5.41, 5.74) is 0.791. The number of methoxy groups -OCH3 is 1. The molecule has 0 spiro atoms. The van der Waals surface area contributed by atoms with Crippen molar-refractivity contribution < 1.29 is 14.3 Å². The molecule has 3 heteroatoms. The van der Waals surface area contributed by atoms with E-state index in [4.69, 9.17) is 4.74 Å². The van der Waals surface area contributed by atoms with E-state index >= 15 is 0 Å². The van der Waals surface area contributed by atoms with Crippen LogP contribution in [-0.4, -0.2) is 18.9 Å². The third-order valence-electron chi connectivity index (χ3n) is 3.89. The van der Waals surface area contributed by atoms with Gasteiger partial charge in [0.05, 0.1) is 7.11 Å². The number of hydrogen-bond donors (Lipinski definition) is 0. The second-order valence-corrected chi connectivity index (χ2v) is 6.07. The molecule has 0 aromatic carbocycles. The molecule has 0 aromatic heterocycles. The van der Waals surface area contributed by atoms with Crippen molar-refractivity contribution in [2.75, 3.05) is 7.11 Å². The van der Waals surface area contributed by atoms with Gasteiger partial charge in [-0.1, -0.05) is 26.8 Å². The lowest BCUT2D eigenvalue weighted by molar-refractivity contribution is -0.136. The first-order chi connectivity index (χ1) is 8.93. The maximum Gasteiger partial charge on any atom is 0.333 e. The van der Waals surface area contributed by atoms with Gasteiger partial charge >= 0.3 is 5.97 Å². The summed E-state index contributed by atoms with van der Waals surface area (Å²) in [5.74, 6) is 1.52. The van der Waals surface area contributed by atoms with E-state index in [1.807, 2.05) is 6.08 Å². The molecule has 0 aromatic rings. The molecule has 0 N–H and O–H groups in total. The topological polar surface area (TPSA) is 43.4 Å². The third-order valence-corrected chi connectivity index (χ3v) is 3.89. The highest BCUT2D eigenvalue weighted by Crippen LogP contribution is 2.31. The standard InChI is InChI=1S/C16H26O3/c1-11(2)9-15(17)10-12(3)13-5-7-14(8-6-13)16(18)19-4/h7,11-13H,5-6,8-10H2,1-4H3/t12?,13-/m0/s1. The van der Waals surface area contributed by atoms with Gasteiger partial charge in [-0.3, -0.25) is 4.79 Å². The van der Waals surface area contributed by atoms with Gasteiger partial charge < -0.3 is 4.74 Å². The largest absolute Gasteiger partial charge is 0.466 e. The molecule has 2 atom stereocenters. The van der Waals surface area contributed by atoms with E-state index in [0.29, 0.717) is 36.4 Å². The molecule has 1 unspecified atom stereocenters. The molecule has 0 fully saturated rings. The number of ketones is 1. The van der Waals surface area contributed by atoms with Crippen molar-refractivity contribution in [3.63, 3.8) is 0 Å². The van der Waals surface area contributed by atoms with Crippen LogP contribution in [0.2, 0.25) is 0 Å². The van der Waals surface area contributed by atoms with Crippen LogP contribution in [0.1, 0.15) is 52.9 Å². The Morgan fingerprint density at radius 1 is 1.32 bits per heavy atom. The number of carbonyl (C=O) groups excluding carboxylic acids is 2. The Balaban J connectivity index is 2.44. The molecule has 1 rings (SSSR count). The second-order valence-electron chi connectivity index (χ2n) is 6.07. The minimum absolute atomic E-state index is 0.206. The van der Waals surface area contributed by atoms with Crippen LogP contribution in [0.3, 0.4) is 0 Å². The van der Waals surface area contributed by atoms with Gasteiger partial charge in [0.15, 0.2) is 0 Å². The molecule has 19 heavy (non-hydrogen) atoms. The fourth-order valence-corrected chi connectivity index (χ4v) is 2.75. The van der Waals surface area contributed by atoms with Crippen LogP contribution in [0.5, 0.6) is 0 Å². The van der Waals surface area contributed by atoms with E-state index in [2.05, 4.69) is 20.8 Å². The smallest absolute Gasteiger partial charge is 0.333 e. The van der Waals surface area contributed by atoms with Crippen molar-refractivity contribution in [3.8, 4) is 0 Å². The Labute approximate surface area is 116 Å². The van der Waals surface area contributed by atoms with Gasteiger partial charge in [0.2, 0.25) is 0 Å². The summed E-state index contributed by atoms with van der Waals surface area (Å²) in [5, 5.41) is 0. The van der Waals surface area contributed by atoms with E-state index in [1.54, 1.807) is 0 Å². The maximum absolute atomic E-state index is 11.8. The summed E-state index contributed by atoms with van der Waals surface area (Å²) in [6.45, 7) is 6.31. The molecule has 0 amide bonds. The first-order valence-corrected chi connectivity index (χ1v) is 7.23. The summed E-state index contributed by atoms with van der Waals surface area (Å²) in [4.78, 5) is 23.2. The maximum atomic E-state index is 11.8. The predicted octanol–water partition coefficient (Wildman–Crippen LogP) is 3.53. The lowest BCUT2D eigenvalue weighted by Crippen LogP contribution is -2.20. The van der Waals surface area contributed by atoms with E-state index in [1.165, 1.54) is 7.11 Å². The molecule has 0 radical (unpaired) electrons. The van der Waals surface area contributed by atoms with Gasteiger partial charge in [-0.15, -0.1) is 0 Å². The molecule has 1 aliphatic rings. The third kappa shape index (κ3) is 5.17. The van der Waals surface area contributed by atoms with Crippen molar-refractivity contribution in [1.29, 1.82) is 0 Å². The number of ether oxygens (including phenoxy) is 1. The van der Waals surface area contributed by atoms with E-state index < -0.39 is 0 Å². The average molecular weight is 266 g/mol. The Kier molecular flexibility index (Phi) is 6.26. The molecule has 0 aliphatic heterocycles. The highest BCUT2D eigenvalue weighted by atomic mass is 16.5. The summed E-state index contributed by atoms with van der Waals surface area (Å²) in [7, 11) is 1.42. The zero-order valence-corrected chi connectivity index (χ0v) is 12.6. The van der Waals surface area contributed by atoms with Crippen LogP contribution in [0.15, 0.2) is 11.6 Å². The van der Waals surface area contributed by atoms with Gasteiger partial charge in [-0.05, 0) is 37.0 Å². The highest BCUT2D eigenvalue weighted by Gasteiger charge is 2.24. The minimum atomic E-state index is -0.206. The Hall–Kier alpha value is -1.12. The Morgan fingerprint density at radius 2 is 2.00 bits per heavy atom. The average Bonchev–Trinajstić information content (AvgIpc) is 2.36. The predicted molar refractivity (Wildman–Crippen MR) is 75.7 cm³/mol. The molecule has 1 aliphatic carbocycles. The molecule has 108 valence electrons. The Morgan fingerprint density at radius 3 is 2.47 bits per heavy atom. The minimum Gasteiger partial charge on any atom is -0.466 e. The molecule has 3 nitrogen and oxygen atoms in total. The van der Waals surface area contributed by atoms with Gasteiger partial charge in [-0.25, -0.2) is 4.79 Å². The first-order valence-electron chi connectivity index (χ1n) is 7.23. The lowest BCUT2D eigenvalue weighted by Gasteiger charge is -2.26. The Bertz CT molecular complexity index is 355. The molecule has 0 saturated heterocycles. The summed E-state index contributed by atoms with van der Waals surface area (Å²) >= 11 is 0. The molecule has 0 saturated carbocycles. The molecular formula is C16H26O3. The van der Waals surface area contributed by atoms with E-state index in [9.17, 15) is 9.59 Å². The highest BCUT2D eigenvalue weighted by molar-refractivity contribution is 5.88. The number of allylic oxidation sites excluding steroid dienone is 1. The van der Waals surface area contributed by atoms with E-state index in [-0.39, 0.29) is 5.97 Å². The quantitative estimate of drug-likeness (QED) is 0.691. The number of rotatable bonds is 6. The fraction of sp³-hybridized carbons (Fsp3) is 0.750. The van der Waals surface area contributed by atoms with Crippen LogP contribution in [0, 0.1) is 17.8 Å². The van der Waals surface area contributed by atoms with Gasteiger partial charge in [0.1, 0.15) is 5.78 Å². The molecule has 0 bridgehead atoms. The number of esters is 1. The number of hydrogen-bond acceptors (Lipinski definition) is 3. The van der Waals surface area contributed by atoms with Gasteiger partial charge in [0, 0.05) is 18.4 Å². The van der Waals surface area contributed by atoms with Crippen molar-refractivity contribution in [1.82, 2.24) is 0 Å².